The van der Waals surface area contributed by atoms with E-state index in [0.29, 0.717) is 16.8 Å². The lowest BCUT2D eigenvalue weighted by Crippen LogP contribution is -2.30. The van der Waals surface area contributed by atoms with Gasteiger partial charge >= 0.3 is 5.97 Å². The molecule has 198 valence electrons. The molecule has 0 unspecified atom stereocenters. The van der Waals surface area contributed by atoms with Crippen molar-refractivity contribution in [3.8, 4) is 11.4 Å². The smallest absolute Gasteiger partial charge is 0.339 e. The highest BCUT2D eigenvalue weighted by Crippen LogP contribution is 2.43. The van der Waals surface area contributed by atoms with Gasteiger partial charge in [0.05, 0.1) is 36.2 Å². The molecule has 8 heteroatoms. The minimum absolute atomic E-state index is 0.216. The first kappa shape index (κ1) is 25.1. The monoisotopic (exact) mass is 538 g/mol. The van der Waals surface area contributed by atoms with E-state index in [4.69, 9.17) is 21.7 Å². The number of benzene rings is 2. The summed E-state index contributed by atoms with van der Waals surface area (Å²) < 4.78 is 13.3. The summed E-state index contributed by atoms with van der Waals surface area (Å²) in [6.07, 6.45) is 8.73. The minimum Gasteiger partial charge on any atom is -0.490 e. The Bertz CT molecular complexity index is 1460. The lowest BCUT2D eigenvalue weighted by Gasteiger charge is -2.29. The number of hydrogen-bond acceptors (Lipinski definition) is 5. The lowest BCUT2D eigenvalue weighted by atomic mass is 10.0. The molecule has 39 heavy (non-hydrogen) atoms. The molecule has 4 aromatic rings. The number of pyridine rings is 1. The number of thiocarbonyl (C=S) groups is 1. The Balaban J connectivity index is 1.42. The summed E-state index contributed by atoms with van der Waals surface area (Å²) in [5.41, 5.74) is 4.01. The number of ether oxygens (including phenoxy) is 2. The topological polar surface area (TPSA) is 68.6 Å². The Kier molecular flexibility index (Phi) is 7.02. The van der Waals surface area contributed by atoms with Crippen LogP contribution in [0.4, 0.5) is 5.69 Å². The van der Waals surface area contributed by atoms with Gasteiger partial charge in [0, 0.05) is 23.8 Å². The number of methoxy groups -OCH3 is 1. The molecule has 6 rings (SSSR count). The van der Waals surface area contributed by atoms with Crippen LogP contribution in [0.25, 0.3) is 5.69 Å². The molecule has 0 spiro atoms. The second-order valence-corrected chi connectivity index (χ2v) is 10.2. The summed E-state index contributed by atoms with van der Waals surface area (Å²) in [4.78, 5) is 19.4. The minimum atomic E-state index is -0.388. The van der Waals surface area contributed by atoms with Crippen LogP contribution < -0.4 is 15.0 Å². The molecule has 7 nitrogen and oxygen atoms in total. The zero-order valence-electron chi connectivity index (χ0n) is 21.7. The van der Waals surface area contributed by atoms with Gasteiger partial charge in [0.25, 0.3) is 0 Å². The maximum absolute atomic E-state index is 12.6. The number of carbonyl (C=O) groups excluding carboxylic acids is 1. The molecule has 0 amide bonds. The quantitative estimate of drug-likeness (QED) is 0.223. The highest BCUT2D eigenvalue weighted by Gasteiger charge is 2.42. The SMILES string of the molecule is COC(=O)c1ccccc1-n1cccc1[C@H]1[C@@H](c2ccccn2)NC(=S)N1c1ccc(OC2CCCC2)cc1. The van der Waals surface area contributed by atoms with Crippen molar-refractivity contribution in [2.24, 2.45) is 0 Å². The molecule has 2 fully saturated rings. The van der Waals surface area contributed by atoms with Crippen molar-refractivity contribution in [2.75, 3.05) is 12.0 Å². The largest absolute Gasteiger partial charge is 0.490 e. The number of aromatic nitrogens is 2. The van der Waals surface area contributed by atoms with Crippen molar-refractivity contribution < 1.29 is 14.3 Å². The molecule has 1 N–H and O–H groups in total. The Morgan fingerprint density at radius 1 is 0.974 bits per heavy atom. The fraction of sp³-hybridized carbons (Fsp3) is 0.258. The normalized spacial score (nSPS) is 19.2. The van der Waals surface area contributed by atoms with Gasteiger partial charge in [0.15, 0.2) is 5.11 Å². The van der Waals surface area contributed by atoms with E-state index in [2.05, 4.69) is 33.4 Å². The van der Waals surface area contributed by atoms with Crippen LogP contribution in [0.3, 0.4) is 0 Å². The van der Waals surface area contributed by atoms with Gasteiger partial charge in [-0.2, -0.15) is 0 Å². The number of esters is 1. The van der Waals surface area contributed by atoms with Crippen molar-refractivity contribution >= 4 is 29.0 Å². The van der Waals surface area contributed by atoms with Crippen LogP contribution in [0.2, 0.25) is 0 Å². The first-order valence-electron chi connectivity index (χ1n) is 13.3. The van der Waals surface area contributed by atoms with Gasteiger partial charge in [-0.25, -0.2) is 4.79 Å². The lowest BCUT2D eigenvalue weighted by molar-refractivity contribution is 0.0600. The van der Waals surface area contributed by atoms with E-state index >= 15 is 0 Å². The van der Waals surface area contributed by atoms with Crippen molar-refractivity contribution in [1.82, 2.24) is 14.9 Å². The second kappa shape index (κ2) is 10.9. The van der Waals surface area contributed by atoms with Crippen LogP contribution in [0, 0.1) is 0 Å². The molecule has 2 aromatic heterocycles. The summed E-state index contributed by atoms with van der Waals surface area (Å²) in [6.45, 7) is 0. The maximum Gasteiger partial charge on any atom is 0.339 e. The van der Waals surface area contributed by atoms with Crippen molar-refractivity contribution in [3.63, 3.8) is 0 Å². The Hall–Kier alpha value is -4.17. The van der Waals surface area contributed by atoms with Crippen molar-refractivity contribution in [3.05, 3.63) is 108 Å². The summed E-state index contributed by atoms with van der Waals surface area (Å²) in [5.74, 6) is 0.484. The number of rotatable bonds is 7. The van der Waals surface area contributed by atoms with Gasteiger partial charge in [0.2, 0.25) is 0 Å². The highest BCUT2D eigenvalue weighted by molar-refractivity contribution is 7.80. The average molecular weight is 539 g/mol. The summed E-state index contributed by atoms with van der Waals surface area (Å²) in [7, 11) is 1.40. The zero-order chi connectivity index (χ0) is 26.8. The van der Waals surface area contributed by atoms with Gasteiger partial charge in [0.1, 0.15) is 11.8 Å². The number of carbonyl (C=O) groups is 1. The molecule has 0 radical (unpaired) electrons. The van der Waals surface area contributed by atoms with Gasteiger partial charge in [-0.05, 0) is 98.6 Å². The molecule has 1 aliphatic carbocycles. The molecule has 1 saturated heterocycles. The number of hydrogen-bond donors (Lipinski definition) is 1. The number of nitrogens with one attached hydrogen (secondary N) is 1. The number of nitrogens with zero attached hydrogens (tertiary/aromatic N) is 3. The van der Waals surface area contributed by atoms with Crippen LogP contribution >= 0.6 is 12.2 Å². The molecule has 3 heterocycles. The third-order valence-corrected chi connectivity index (χ3v) is 7.78. The van der Waals surface area contributed by atoms with E-state index in [0.717, 1.165) is 41.4 Å². The molecule has 2 aromatic carbocycles. The highest BCUT2D eigenvalue weighted by atomic mass is 32.1. The third kappa shape index (κ3) is 4.88. The molecule has 0 bridgehead atoms. The van der Waals surface area contributed by atoms with E-state index in [1.54, 1.807) is 12.3 Å². The molecular weight excluding hydrogens is 508 g/mol. The van der Waals surface area contributed by atoms with Gasteiger partial charge in [-0.3, -0.25) is 4.98 Å². The first-order chi connectivity index (χ1) is 19.1. The van der Waals surface area contributed by atoms with E-state index in [-0.39, 0.29) is 18.1 Å². The summed E-state index contributed by atoms with van der Waals surface area (Å²) >= 11 is 5.92. The first-order valence-corrected chi connectivity index (χ1v) is 13.7. The van der Waals surface area contributed by atoms with Gasteiger partial charge in [-0.1, -0.05) is 18.2 Å². The van der Waals surface area contributed by atoms with E-state index < -0.39 is 0 Å². The number of anilines is 1. The van der Waals surface area contributed by atoms with Crippen molar-refractivity contribution in [1.29, 1.82) is 0 Å². The number of para-hydroxylation sites is 1. The average Bonchev–Trinajstić information content (AvgIpc) is 3.74. The fourth-order valence-corrected chi connectivity index (χ4v) is 5.98. The van der Waals surface area contributed by atoms with E-state index in [1.807, 2.05) is 65.4 Å². The molecule has 1 saturated carbocycles. The van der Waals surface area contributed by atoms with Gasteiger partial charge in [-0.15, -0.1) is 0 Å². The van der Waals surface area contributed by atoms with Crippen LogP contribution in [-0.4, -0.2) is 33.8 Å². The molecule has 2 atom stereocenters. The van der Waals surface area contributed by atoms with Crippen LogP contribution in [0.15, 0.2) is 91.3 Å². The molecule has 2 aliphatic rings. The van der Waals surface area contributed by atoms with E-state index in [1.165, 1.54) is 20.0 Å². The van der Waals surface area contributed by atoms with Gasteiger partial charge < -0.3 is 24.3 Å². The predicted molar refractivity (Wildman–Crippen MR) is 154 cm³/mol. The van der Waals surface area contributed by atoms with E-state index in [9.17, 15) is 4.79 Å². The van der Waals surface area contributed by atoms with Crippen LogP contribution in [0.5, 0.6) is 5.75 Å². The molecular formula is C31H30N4O3S. The summed E-state index contributed by atoms with van der Waals surface area (Å²) in [6, 6.07) is 25.1. The second-order valence-electron chi connectivity index (χ2n) is 9.83. The third-order valence-electron chi connectivity index (χ3n) is 7.47. The predicted octanol–water partition coefficient (Wildman–Crippen LogP) is 6.16. The molecule has 1 aliphatic heterocycles. The Morgan fingerprint density at radius 2 is 1.74 bits per heavy atom. The zero-order valence-corrected chi connectivity index (χ0v) is 22.5. The fourth-order valence-electron chi connectivity index (χ4n) is 5.64. The Morgan fingerprint density at radius 3 is 2.49 bits per heavy atom. The maximum atomic E-state index is 12.6. The van der Waals surface area contributed by atoms with Crippen LogP contribution in [-0.2, 0) is 4.74 Å². The Labute approximate surface area is 233 Å². The standard InChI is InChI=1S/C31H30N4O3S/c1-37-30(36)24-11-4-5-13-26(24)34-20-8-14-27(34)29-28(25-12-6-7-19-32-25)33-31(39)35(29)21-15-17-23(18-16-21)38-22-9-2-3-10-22/h4-8,11-20,22,28-29H,2-3,9-10H2,1H3,(H,33,39)/t28-,29+/m1/s1. The van der Waals surface area contributed by atoms with Crippen molar-refractivity contribution in [2.45, 2.75) is 43.9 Å². The van der Waals surface area contributed by atoms with Crippen LogP contribution in [0.1, 0.15) is 59.5 Å². The summed E-state index contributed by atoms with van der Waals surface area (Å²) in [5, 5.41) is 4.12.